The van der Waals surface area contributed by atoms with Crippen molar-refractivity contribution in [1.29, 1.82) is 5.41 Å². The van der Waals surface area contributed by atoms with Crippen LogP contribution < -0.4 is 10.2 Å². The zero-order valence-corrected chi connectivity index (χ0v) is 19.5. The number of carboxylic acid groups (broad SMARTS) is 1. The van der Waals surface area contributed by atoms with E-state index in [-0.39, 0.29) is 23.1 Å². The first-order chi connectivity index (χ1) is 16.7. The van der Waals surface area contributed by atoms with Crippen LogP contribution in [-0.2, 0) is 4.74 Å². The Labute approximate surface area is 201 Å². The van der Waals surface area contributed by atoms with Gasteiger partial charge in [-0.1, -0.05) is 26.0 Å². The Bertz CT molecular complexity index is 1260. The number of quaternary nitrogens is 1. The van der Waals surface area contributed by atoms with Crippen LogP contribution >= 0.6 is 0 Å². The molecule has 1 saturated heterocycles. The number of hydrogen-bond acceptors (Lipinski definition) is 5. The first-order valence-corrected chi connectivity index (χ1v) is 11.3. The fourth-order valence-corrected chi connectivity index (χ4v) is 4.01. The Morgan fingerprint density at radius 2 is 1.77 bits per heavy atom. The molecule has 0 amide bonds. The topological polar surface area (TPSA) is 103 Å². The van der Waals surface area contributed by atoms with E-state index in [0.29, 0.717) is 30.0 Å². The number of ether oxygens (including phenoxy) is 1. The number of aromatic nitrogens is 1. The molecule has 0 aliphatic carbocycles. The maximum atomic E-state index is 13.8. The van der Waals surface area contributed by atoms with Crippen LogP contribution in [0.1, 0.15) is 29.9 Å². The molecule has 1 fully saturated rings. The molecule has 3 aromatic rings. The first kappa shape index (κ1) is 24.4. The van der Waals surface area contributed by atoms with Gasteiger partial charge in [0.2, 0.25) is 5.82 Å². The number of anilines is 1. The minimum atomic E-state index is -1.22. The highest BCUT2D eigenvalue weighted by molar-refractivity contribution is 6.08. The van der Waals surface area contributed by atoms with Gasteiger partial charge in [0.15, 0.2) is 17.3 Å². The van der Waals surface area contributed by atoms with Crippen LogP contribution in [0.4, 0.5) is 26.0 Å². The highest BCUT2D eigenvalue weighted by Gasteiger charge is 2.25. The van der Waals surface area contributed by atoms with Crippen LogP contribution in [0.3, 0.4) is 0 Å². The number of nitrogens with one attached hydrogen (secondary N) is 1. The molecule has 0 spiro atoms. The molecule has 1 aliphatic rings. The molecular formula is C26H27F2N4O3+. The van der Waals surface area contributed by atoms with Crippen molar-refractivity contribution in [2.75, 3.05) is 31.2 Å². The van der Waals surface area contributed by atoms with E-state index in [1.165, 1.54) is 17.4 Å². The zero-order valence-electron chi connectivity index (χ0n) is 19.5. The maximum absolute atomic E-state index is 13.8. The van der Waals surface area contributed by atoms with Gasteiger partial charge in [-0.2, -0.15) is 4.98 Å². The van der Waals surface area contributed by atoms with E-state index in [9.17, 15) is 18.7 Å². The molecule has 0 radical (unpaired) electrons. The van der Waals surface area contributed by atoms with Crippen molar-refractivity contribution >= 4 is 28.9 Å². The first-order valence-electron chi connectivity index (χ1n) is 11.3. The molecule has 9 heteroatoms. The van der Waals surface area contributed by atoms with Crippen molar-refractivity contribution in [1.82, 2.24) is 4.98 Å². The van der Waals surface area contributed by atoms with Gasteiger partial charge in [0.1, 0.15) is 5.69 Å². The molecule has 2 heterocycles. The predicted molar refractivity (Wildman–Crippen MR) is 129 cm³/mol. The van der Waals surface area contributed by atoms with Crippen LogP contribution in [0.25, 0.3) is 11.1 Å². The lowest BCUT2D eigenvalue weighted by Gasteiger charge is -2.29. The summed E-state index contributed by atoms with van der Waals surface area (Å²) in [6, 6.07) is 12.6. The van der Waals surface area contributed by atoms with Gasteiger partial charge in [-0.15, -0.1) is 0 Å². The number of halogens is 2. The predicted octanol–water partition coefficient (Wildman–Crippen LogP) is 4.11. The second-order valence-corrected chi connectivity index (χ2v) is 8.65. The van der Waals surface area contributed by atoms with Gasteiger partial charge < -0.3 is 20.2 Å². The fourth-order valence-electron chi connectivity index (χ4n) is 4.01. The largest absolute Gasteiger partial charge is 0.477 e. The SMILES string of the molecule is CC(C)C(=N)c1c(-c2ccc(N3CCOCC3)cc2)cc(C(=O)O)nc1[NH2+]c1ccc(F)c(F)c1. The summed E-state index contributed by atoms with van der Waals surface area (Å²) in [6.07, 6.45) is 0. The van der Waals surface area contributed by atoms with Crippen molar-refractivity contribution in [2.45, 2.75) is 13.8 Å². The summed E-state index contributed by atoms with van der Waals surface area (Å²) in [6.45, 7) is 6.61. The second-order valence-electron chi connectivity index (χ2n) is 8.65. The minimum absolute atomic E-state index is 0.184. The van der Waals surface area contributed by atoms with Crippen molar-refractivity contribution < 1.29 is 28.7 Å². The van der Waals surface area contributed by atoms with Crippen molar-refractivity contribution in [2.24, 2.45) is 5.92 Å². The summed E-state index contributed by atoms with van der Waals surface area (Å²) in [5.74, 6) is -3.20. The van der Waals surface area contributed by atoms with Gasteiger partial charge in [-0.25, -0.2) is 13.6 Å². The lowest BCUT2D eigenvalue weighted by molar-refractivity contribution is -0.483. The average molecular weight is 482 g/mol. The monoisotopic (exact) mass is 481 g/mol. The van der Waals surface area contributed by atoms with E-state index in [0.717, 1.165) is 36.5 Å². The lowest BCUT2D eigenvalue weighted by atomic mass is 9.91. The molecule has 0 atom stereocenters. The van der Waals surface area contributed by atoms with Gasteiger partial charge >= 0.3 is 5.97 Å². The Morgan fingerprint density at radius 3 is 2.37 bits per heavy atom. The van der Waals surface area contributed by atoms with Crippen molar-refractivity contribution in [3.8, 4) is 11.1 Å². The Balaban J connectivity index is 1.83. The van der Waals surface area contributed by atoms with Crippen LogP contribution in [-0.4, -0.2) is 48.1 Å². The molecule has 4 rings (SSSR count). The van der Waals surface area contributed by atoms with E-state index in [2.05, 4.69) is 9.88 Å². The summed E-state index contributed by atoms with van der Waals surface area (Å²) in [5, 5.41) is 20.0. The van der Waals surface area contributed by atoms with Crippen molar-refractivity contribution in [3.63, 3.8) is 0 Å². The number of nitrogens with two attached hydrogens (primary N) is 1. The standard InChI is InChI=1S/C26H26F2N4O3/c1-15(2)24(29)23-19(16-3-6-18(7-4-16)32-9-11-35-12-10-32)14-22(26(33)34)31-25(23)30-17-5-8-20(27)21(28)13-17/h3-8,13-15,29H,9-12H2,1-2H3,(H,30,31)(H,33,34)/p+1. The van der Waals surface area contributed by atoms with E-state index in [4.69, 9.17) is 10.1 Å². The highest BCUT2D eigenvalue weighted by Crippen LogP contribution is 2.32. The number of rotatable bonds is 7. The number of pyridine rings is 1. The van der Waals surface area contributed by atoms with Gasteiger partial charge in [0, 0.05) is 42.2 Å². The smallest absolute Gasteiger partial charge is 0.354 e. The number of carbonyl (C=O) groups is 1. The molecule has 182 valence electrons. The summed E-state index contributed by atoms with van der Waals surface area (Å²) >= 11 is 0. The zero-order chi connectivity index (χ0) is 25.1. The number of aromatic carboxylic acids is 1. The number of nitrogens with zero attached hydrogens (tertiary/aromatic N) is 2. The Morgan fingerprint density at radius 1 is 1.09 bits per heavy atom. The summed E-state index contributed by atoms with van der Waals surface area (Å²) in [7, 11) is 0. The van der Waals surface area contributed by atoms with Gasteiger partial charge in [-0.05, 0) is 35.7 Å². The van der Waals surface area contributed by atoms with Gasteiger partial charge in [-0.3, -0.25) is 5.32 Å². The van der Waals surface area contributed by atoms with E-state index in [1.807, 2.05) is 38.1 Å². The van der Waals surface area contributed by atoms with Crippen LogP contribution in [0, 0.1) is 23.0 Å². The molecule has 0 saturated carbocycles. The fraction of sp³-hybridized carbons (Fsp3) is 0.269. The maximum Gasteiger partial charge on any atom is 0.354 e. The quantitative estimate of drug-likeness (QED) is 0.348. The summed E-state index contributed by atoms with van der Waals surface area (Å²) in [4.78, 5) is 18.4. The third kappa shape index (κ3) is 5.36. The molecule has 1 aliphatic heterocycles. The molecule has 0 bridgehead atoms. The van der Waals surface area contributed by atoms with Gasteiger partial charge in [0.05, 0.1) is 18.8 Å². The Kier molecular flexibility index (Phi) is 7.18. The summed E-state index contributed by atoms with van der Waals surface area (Å²) in [5.41, 5.74) is 3.12. The molecule has 7 nitrogen and oxygen atoms in total. The number of benzene rings is 2. The average Bonchev–Trinajstić information content (AvgIpc) is 2.86. The number of carboxylic acids is 1. The molecule has 0 unspecified atom stereocenters. The highest BCUT2D eigenvalue weighted by atomic mass is 19.2. The summed E-state index contributed by atoms with van der Waals surface area (Å²) < 4.78 is 32.7. The third-order valence-corrected chi connectivity index (χ3v) is 5.91. The molecule has 2 aromatic carbocycles. The van der Waals surface area contributed by atoms with Crippen LogP contribution in [0.2, 0.25) is 0 Å². The van der Waals surface area contributed by atoms with Crippen LogP contribution in [0.15, 0.2) is 48.5 Å². The van der Waals surface area contributed by atoms with E-state index in [1.54, 1.807) is 0 Å². The van der Waals surface area contributed by atoms with E-state index < -0.39 is 17.6 Å². The molecular weight excluding hydrogens is 454 g/mol. The minimum Gasteiger partial charge on any atom is -0.477 e. The van der Waals surface area contributed by atoms with Crippen molar-refractivity contribution in [3.05, 3.63) is 71.4 Å². The van der Waals surface area contributed by atoms with Crippen LogP contribution in [0.5, 0.6) is 0 Å². The van der Waals surface area contributed by atoms with Gasteiger partial charge in [0.25, 0.3) is 0 Å². The molecule has 4 N–H and O–H groups in total. The number of hydrogen-bond donors (Lipinski definition) is 3. The second kappa shape index (κ2) is 10.3. The molecule has 35 heavy (non-hydrogen) atoms. The van der Waals surface area contributed by atoms with E-state index >= 15 is 0 Å². The number of morpholine rings is 1. The lowest BCUT2D eigenvalue weighted by Crippen LogP contribution is -2.72. The Hall–Kier alpha value is -3.69. The normalized spacial score (nSPS) is 13.8. The molecule has 1 aromatic heterocycles. The third-order valence-electron chi connectivity index (χ3n) is 5.91.